The van der Waals surface area contributed by atoms with Gasteiger partial charge >= 0.3 is 0 Å². The topological polar surface area (TPSA) is 51.2 Å². The second-order valence-corrected chi connectivity index (χ2v) is 5.17. The Labute approximate surface area is 109 Å². The van der Waals surface area contributed by atoms with E-state index < -0.39 is 6.10 Å². The number of aromatic nitrogens is 1. The summed E-state index contributed by atoms with van der Waals surface area (Å²) in [6.07, 6.45) is 2.52. The van der Waals surface area contributed by atoms with Gasteiger partial charge in [0.25, 0.3) is 0 Å². The molecule has 92 valence electrons. The van der Waals surface area contributed by atoms with Gasteiger partial charge < -0.3 is 15.4 Å². The van der Waals surface area contributed by atoms with Gasteiger partial charge in [-0.3, -0.25) is 0 Å². The molecule has 1 aromatic heterocycles. The molecule has 0 bridgehead atoms. The Kier molecular flexibility index (Phi) is 3.86. The van der Waals surface area contributed by atoms with E-state index in [0.717, 1.165) is 33.9 Å². The third kappa shape index (κ3) is 2.54. The van der Waals surface area contributed by atoms with Crippen LogP contribution in [0.25, 0.3) is 10.9 Å². The molecule has 4 heteroatoms. The third-order valence-corrected chi connectivity index (χ3v) is 3.42. The zero-order valence-corrected chi connectivity index (χ0v) is 11.4. The number of nitrogens with zero attached hydrogens (tertiary/aromatic N) is 1. The number of hydrogen-bond acceptors (Lipinski definition) is 2. The maximum Gasteiger partial charge on any atom is 0.0782 e. The van der Waals surface area contributed by atoms with Crippen LogP contribution in [0.5, 0.6) is 0 Å². The molecule has 0 saturated carbocycles. The van der Waals surface area contributed by atoms with Gasteiger partial charge in [0.1, 0.15) is 0 Å². The van der Waals surface area contributed by atoms with E-state index >= 15 is 0 Å². The van der Waals surface area contributed by atoms with Gasteiger partial charge in [-0.25, -0.2) is 0 Å². The number of aliphatic hydroxyl groups is 1. The van der Waals surface area contributed by atoms with Gasteiger partial charge in [0.05, 0.1) is 6.10 Å². The normalized spacial score (nSPS) is 13.2. The van der Waals surface area contributed by atoms with Crippen molar-refractivity contribution >= 4 is 26.8 Å². The first kappa shape index (κ1) is 12.6. The van der Waals surface area contributed by atoms with Gasteiger partial charge in [-0.2, -0.15) is 0 Å². The molecule has 1 unspecified atom stereocenters. The first-order chi connectivity index (χ1) is 8.13. The molecule has 0 aliphatic carbocycles. The molecular weight excluding hydrogens is 280 g/mol. The standard InChI is InChI=1S/C13H17BrN2O/c1-9(17)12-8-16(6-2-5-15)13-4-3-10(14)7-11(12)13/h3-4,7-9,17H,2,5-6,15H2,1H3. The Balaban J connectivity index is 2.54. The molecule has 1 aromatic carbocycles. The monoisotopic (exact) mass is 296 g/mol. The molecule has 1 heterocycles. The summed E-state index contributed by atoms with van der Waals surface area (Å²) in [5, 5.41) is 10.9. The Morgan fingerprint density at radius 1 is 1.47 bits per heavy atom. The summed E-state index contributed by atoms with van der Waals surface area (Å²) in [6, 6.07) is 6.14. The maximum absolute atomic E-state index is 9.80. The van der Waals surface area contributed by atoms with Crippen molar-refractivity contribution in [2.24, 2.45) is 5.73 Å². The summed E-state index contributed by atoms with van der Waals surface area (Å²) in [4.78, 5) is 0. The van der Waals surface area contributed by atoms with Gasteiger partial charge in [-0.15, -0.1) is 0 Å². The molecule has 2 rings (SSSR count). The summed E-state index contributed by atoms with van der Waals surface area (Å²) < 4.78 is 3.19. The molecule has 2 aromatic rings. The van der Waals surface area contributed by atoms with E-state index in [1.54, 1.807) is 6.92 Å². The zero-order chi connectivity index (χ0) is 12.4. The van der Waals surface area contributed by atoms with Crippen LogP contribution in [0.1, 0.15) is 25.0 Å². The lowest BCUT2D eigenvalue weighted by molar-refractivity contribution is 0.200. The SMILES string of the molecule is CC(O)c1cn(CCCN)c2ccc(Br)cc12. The van der Waals surface area contributed by atoms with Gasteiger partial charge in [0.2, 0.25) is 0 Å². The first-order valence-electron chi connectivity index (χ1n) is 5.80. The van der Waals surface area contributed by atoms with Crippen molar-refractivity contribution in [3.63, 3.8) is 0 Å². The van der Waals surface area contributed by atoms with E-state index in [-0.39, 0.29) is 0 Å². The van der Waals surface area contributed by atoms with Gasteiger partial charge in [0.15, 0.2) is 0 Å². The number of hydrogen-bond donors (Lipinski definition) is 2. The molecular formula is C13H17BrN2O. The maximum atomic E-state index is 9.80. The predicted octanol–water partition coefficient (Wildman–Crippen LogP) is 2.81. The molecule has 0 amide bonds. The Hall–Kier alpha value is -0.840. The minimum Gasteiger partial charge on any atom is -0.389 e. The van der Waals surface area contributed by atoms with Gasteiger partial charge in [-0.05, 0) is 38.1 Å². The van der Waals surface area contributed by atoms with Crippen LogP contribution in [0.2, 0.25) is 0 Å². The minimum atomic E-state index is -0.453. The average molecular weight is 297 g/mol. The number of nitrogens with two attached hydrogens (primary N) is 1. The summed E-state index contributed by atoms with van der Waals surface area (Å²) >= 11 is 3.47. The van der Waals surface area contributed by atoms with Crippen LogP contribution in [0.15, 0.2) is 28.9 Å². The fourth-order valence-corrected chi connectivity index (χ4v) is 2.44. The van der Waals surface area contributed by atoms with Gasteiger partial charge in [0, 0.05) is 33.7 Å². The highest BCUT2D eigenvalue weighted by Crippen LogP contribution is 2.29. The smallest absolute Gasteiger partial charge is 0.0782 e. The summed E-state index contributed by atoms with van der Waals surface area (Å²) in [5.41, 5.74) is 7.66. The average Bonchev–Trinajstić information content (AvgIpc) is 2.64. The number of benzene rings is 1. The molecule has 3 nitrogen and oxygen atoms in total. The lowest BCUT2D eigenvalue weighted by Gasteiger charge is -2.03. The predicted molar refractivity (Wildman–Crippen MR) is 73.9 cm³/mol. The highest BCUT2D eigenvalue weighted by molar-refractivity contribution is 9.10. The molecule has 0 aliphatic heterocycles. The van der Waals surface area contributed by atoms with Crippen molar-refractivity contribution < 1.29 is 5.11 Å². The van der Waals surface area contributed by atoms with Crippen LogP contribution in [-0.4, -0.2) is 16.2 Å². The minimum absolute atomic E-state index is 0.453. The van der Waals surface area contributed by atoms with Crippen molar-refractivity contribution in [2.45, 2.75) is 26.0 Å². The quantitative estimate of drug-likeness (QED) is 0.911. The number of fused-ring (bicyclic) bond motifs is 1. The highest BCUT2D eigenvalue weighted by atomic mass is 79.9. The third-order valence-electron chi connectivity index (χ3n) is 2.93. The second-order valence-electron chi connectivity index (χ2n) is 4.26. The molecule has 0 spiro atoms. The molecule has 3 N–H and O–H groups in total. The summed E-state index contributed by atoms with van der Waals surface area (Å²) in [5.74, 6) is 0. The van der Waals surface area contributed by atoms with Gasteiger partial charge in [-0.1, -0.05) is 15.9 Å². The first-order valence-corrected chi connectivity index (χ1v) is 6.59. The number of rotatable bonds is 4. The lowest BCUT2D eigenvalue weighted by Crippen LogP contribution is -2.04. The van der Waals surface area contributed by atoms with Crippen molar-refractivity contribution in [3.8, 4) is 0 Å². The van der Waals surface area contributed by atoms with Crippen LogP contribution in [0, 0.1) is 0 Å². The number of aliphatic hydroxyl groups excluding tert-OH is 1. The number of aryl methyl sites for hydroxylation is 1. The van der Waals surface area contributed by atoms with Crippen LogP contribution in [0.4, 0.5) is 0 Å². The Morgan fingerprint density at radius 2 is 2.24 bits per heavy atom. The lowest BCUT2D eigenvalue weighted by atomic mass is 10.1. The van der Waals surface area contributed by atoms with Crippen molar-refractivity contribution in [3.05, 3.63) is 34.4 Å². The molecule has 0 saturated heterocycles. The molecule has 1 atom stereocenters. The van der Waals surface area contributed by atoms with E-state index in [2.05, 4.69) is 32.6 Å². The fourth-order valence-electron chi connectivity index (χ4n) is 2.08. The Bertz CT molecular complexity index is 519. The molecule has 0 aliphatic rings. The van der Waals surface area contributed by atoms with Crippen molar-refractivity contribution in [1.29, 1.82) is 0 Å². The summed E-state index contributed by atoms with van der Waals surface area (Å²) in [7, 11) is 0. The van der Waals surface area contributed by atoms with Crippen molar-refractivity contribution in [1.82, 2.24) is 4.57 Å². The highest BCUT2D eigenvalue weighted by Gasteiger charge is 2.12. The van der Waals surface area contributed by atoms with Crippen LogP contribution in [0.3, 0.4) is 0 Å². The van der Waals surface area contributed by atoms with Crippen LogP contribution >= 0.6 is 15.9 Å². The molecule has 0 radical (unpaired) electrons. The Morgan fingerprint density at radius 3 is 2.88 bits per heavy atom. The van der Waals surface area contributed by atoms with E-state index in [9.17, 15) is 5.11 Å². The van der Waals surface area contributed by atoms with E-state index in [4.69, 9.17) is 5.73 Å². The largest absolute Gasteiger partial charge is 0.389 e. The molecule has 17 heavy (non-hydrogen) atoms. The zero-order valence-electron chi connectivity index (χ0n) is 9.86. The van der Waals surface area contributed by atoms with Crippen LogP contribution in [-0.2, 0) is 6.54 Å². The van der Waals surface area contributed by atoms with E-state index in [1.807, 2.05) is 12.3 Å². The van der Waals surface area contributed by atoms with E-state index in [0.29, 0.717) is 6.54 Å². The molecule has 0 fully saturated rings. The summed E-state index contributed by atoms with van der Waals surface area (Å²) in [6.45, 7) is 3.37. The second kappa shape index (κ2) is 5.21. The number of halogens is 1. The fraction of sp³-hybridized carbons (Fsp3) is 0.385. The van der Waals surface area contributed by atoms with E-state index in [1.165, 1.54) is 0 Å². The van der Waals surface area contributed by atoms with Crippen LogP contribution < -0.4 is 5.73 Å². The van der Waals surface area contributed by atoms with Crippen molar-refractivity contribution in [2.75, 3.05) is 6.54 Å².